The van der Waals surface area contributed by atoms with Crippen molar-refractivity contribution < 1.29 is 28.9 Å². The maximum absolute atomic E-state index is 11.9. The van der Waals surface area contributed by atoms with Crippen molar-refractivity contribution in [1.82, 2.24) is 14.2 Å². The number of carboxylic acids is 1. The molecule has 12 heteroatoms. The number of anilines is 1. The van der Waals surface area contributed by atoms with Crippen LogP contribution in [0.3, 0.4) is 0 Å². The van der Waals surface area contributed by atoms with Gasteiger partial charge in [0, 0.05) is 13.1 Å². The lowest BCUT2D eigenvalue weighted by atomic mass is 10.2. The number of ether oxygens (including phenoxy) is 3. The summed E-state index contributed by atoms with van der Waals surface area (Å²) in [5, 5.41) is 14.2. The molecule has 11 nitrogen and oxygen atoms in total. The fourth-order valence-corrected chi connectivity index (χ4v) is 2.89. The molecule has 1 N–H and O–H groups in total. The van der Waals surface area contributed by atoms with Crippen molar-refractivity contribution in [3.63, 3.8) is 0 Å². The van der Waals surface area contributed by atoms with Gasteiger partial charge in [0.25, 0.3) is 11.8 Å². The van der Waals surface area contributed by atoms with Gasteiger partial charge in [0.15, 0.2) is 6.61 Å². The number of nitrogens with one attached hydrogen (secondary N) is 1. The van der Waals surface area contributed by atoms with Crippen LogP contribution in [0, 0.1) is 0 Å². The number of aromatic nitrogens is 2. The highest BCUT2D eigenvalue weighted by atomic mass is 32.1. The van der Waals surface area contributed by atoms with Crippen molar-refractivity contribution in [2.75, 3.05) is 44.4 Å². The number of carboxylic acid groups (broad SMARTS) is 1. The van der Waals surface area contributed by atoms with E-state index < -0.39 is 18.5 Å². The first kappa shape index (κ1) is 20.5. The second-order valence-electron chi connectivity index (χ2n) is 5.80. The Morgan fingerprint density at radius 3 is 2.69 bits per heavy atom. The van der Waals surface area contributed by atoms with Crippen LogP contribution in [0.2, 0.25) is 0 Å². The van der Waals surface area contributed by atoms with Crippen LogP contribution in [-0.4, -0.2) is 66.4 Å². The Hall–Kier alpha value is -3.25. The smallest absolute Gasteiger partial charge is 0.278 e. The third-order valence-electron chi connectivity index (χ3n) is 3.73. The summed E-state index contributed by atoms with van der Waals surface area (Å²) in [6.07, 6.45) is 1.43. The lowest BCUT2D eigenvalue weighted by molar-refractivity contribution is -0.307. The van der Waals surface area contributed by atoms with Gasteiger partial charge in [0.1, 0.15) is 12.4 Å². The van der Waals surface area contributed by atoms with Gasteiger partial charge in [-0.1, -0.05) is 0 Å². The molecular weight excluding hydrogens is 402 g/mol. The highest BCUT2D eigenvalue weighted by Crippen LogP contribution is 2.26. The molecule has 0 radical (unpaired) electrons. The molecule has 0 unspecified atom stereocenters. The van der Waals surface area contributed by atoms with E-state index in [1.807, 2.05) is 4.90 Å². The van der Waals surface area contributed by atoms with E-state index in [2.05, 4.69) is 19.3 Å². The van der Waals surface area contributed by atoms with Crippen LogP contribution in [0.15, 0.2) is 29.4 Å². The number of rotatable bonds is 9. The van der Waals surface area contributed by atoms with Crippen LogP contribution in [0.4, 0.5) is 5.82 Å². The molecule has 1 saturated heterocycles. The summed E-state index contributed by atoms with van der Waals surface area (Å²) >= 11 is 1.02. The summed E-state index contributed by atoms with van der Waals surface area (Å²) in [4.78, 5) is 24.3. The zero-order valence-corrected chi connectivity index (χ0v) is 16.1. The number of hydrogen-bond acceptors (Lipinski definition) is 11. The molecule has 2 aromatic rings. The Bertz CT molecular complexity index is 850. The van der Waals surface area contributed by atoms with E-state index in [-0.39, 0.29) is 6.61 Å². The van der Waals surface area contributed by atoms with Crippen molar-refractivity contribution >= 4 is 35.6 Å². The molecule has 154 valence electrons. The summed E-state index contributed by atoms with van der Waals surface area (Å²) in [6, 6.07) is 6.48. The summed E-state index contributed by atoms with van der Waals surface area (Å²) < 4.78 is 24.0. The molecule has 29 heavy (non-hydrogen) atoms. The summed E-state index contributed by atoms with van der Waals surface area (Å²) in [5.74, 6) is -0.447. The fourth-order valence-electron chi connectivity index (χ4n) is 2.37. The van der Waals surface area contributed by atoms with Gasteiger partial charge in [-0.25, -0.2) is 5.43 Å². The van der Waals surface area contributed by atoms with Gasteiger partial charge < -0.3 is 29.0 Å². The van der Waals surface area contributed by atoms with Crippen LogP contribution >= 0.6 is 11.7 Å². The van der Waals surface area contributed by atoms with E-state index >= 15 is 0 Å². The first-order valence-electron chi connectivity index (χ1n) is 8.64. The number of carbonyl (C=O) groups is 2. The average molecular weight is 420 g/mol. The van der Waals surface area contributed by atoms with E-state index in [1.165, 1.54) is 6.21 Å². The molecule has 1 aliphatic heterocycles. The molecule has 1 aromatic heterocycles. The predicted molar refractivity (Wildman–Crippen MR) is 101 cm³/mol. The number of aliphatic carboxylic acids is 1. The van der Waals surface area contributed by atoms with Gasteiger partial charge in [0.05, 0.1) is 37.1 Å². The van der Waals surface area contributed by atoms with Gasteiger partial charge in [-0.15, -0.1) is 4.37 Å². The second-order valence-corrected chi connectivity index (χ2v) is 6.33. The van der Waals surface area contributed by atoms with Crippen LogP contribution < -0.4 is 24.9 Å². The van der Waals surface area contributed by atoms with Crippen molar-refractivity contribution in [3.8, 4) is 11.6 Å². The van der Waals surface area contributed by atoms with Gasteiger partial charge in [-0.3, -0.25) is 4.79 Å². The van der Waals surface area contributed by atoms with E-state index in [0.29, 0.717) is 49.3 Å². The highest BCUT2D eigenvalue weighted by Gasteiger charge is 2.20. The molecule has 0 saturated carbocycles. The van der Waals surface area contributed by atoms with Crippen LogP contribution in [-0.2, 0) is 14.3 Å². The third kappa shape index (κ3) is 6.40. The molecule has 1 amide bonds. The minimum atomic E-state index is -1.30. The number of nitrogens with zero attached hydrogens (tertiary/aromatic N) is 4. The van der Waals surface area contributed by atoms with Gasteiger partial charge in [0.2, 0.25) is 5.82 Å². The molecule has 0 aliphatic carbocycles. The lowest BCUT2D eigenvalue weighted by Crippen LogP contribution is -2.36. The maximum atomic E-state index is 11.9. The predicted octanol–water partition coefficient (Wildman–Crippen LogP) is -0.967. The molecule has 0 bridgehead atoms. The average Bonchev–Trinajstić information content (AvgIpc) is 3.21. The number of amides is 1. The first-order valence-corrected chi connectivity index (χ1v) is 9.37. The SMILES string of the molecule is O=C([O-])COc1ccc(/C=N/NC(=O)COc2nsnc2N2CCOCC2)cc1. The summed E-state index contributed by atoms with van der Waals surface area (Å²) in [6.45, 7) is 1.82. The molecule has 0 atom stereocenters. The van der Waals surface area contributed by atoms with E-state index in [4.69, 9.17) is 14.2 Å². The molecule has 2 heterocycles. The molecular formula is C17H18N5O6S-. The van der Waals surface area contributed by atoms with Gasteiger partial charge in [-0.2, -0.15) is 9.47 Å². The molecule has 1 aromatic carbocycles. The fraction of sp³-hybridized carbons (Fsp3) is 0.353. The van der Waals surface area contributed by atoms with Gasteiger partial charge >= 0.3 is 0 Å². The van der Waals surface area contributed by atoms with Crippen molar-refractivity contribution in [1.29, 1.82) is 0 Å². The molecule has 0 spiro atoms. The van der Waals surface area contributed by atoms with Crippen molar-refractivity contribution in [3.05, 3.63) is 29.8 Å². The monoisotopic (exact) mass is 420 g/mol. The zero-order valence-electron chi connectivity index (χ0n) is 15.3. The lowest BCUT2D eigenvalue weighted by Gasteiger charge is -2.26. The largest absolute Gasteiger partial charge is 0.546 e. The number of hydrazone groups is 1. The highest BCUT2D eigenvalue weighted by molar-refractivity contribution is 6.99. The first-order chi connectivity index (χ1) is 14.1. The number of morpholine rings is 1. The standard InChI is InChI=1S/C17H19N5O6S/c23-14(10-28-17-16(20-29-21-17)22-5-7-26-8-6-22)19-18-9-12-1-3-13(4-2-12)27-11-15(24)25/h1-4,9H,5-8,10-11H2,(H,19,23)(H,24,25)/p-1/b18-9+. The topological polar surface area (TPSA) is 138 Å². The zero-order chi connectivity index (χ0) is 20.5. The van der Waals surface area contributed by atoms with E-state index in [9.17, 15) is 14.7 Å². The van der Waals surface area contributed by atoms with Crippen LogP contribution in [0.25, 0.3) is 0 Å². The minimum Gasteiger partial charge on any atom is -0.546 e. The van der Waals surface area contributed by atoms with Crippen molar-refractivity contribution in [2.45, 2.75) is 0 Å². The number of hydrogen-bond donors (Lipinski definition) is 1. The minimum absolute atomic E-state index is 0.254. The van der Waals surface area contributed by atoms with Crippen molar-refractivity contribution in [2.24, 2.45) is 5.10 Å². The van der Waals surface area contributed by atoms with E-state index in [0.717, 1.165) is 11.7 Å². The van der Waals surface area contributed by atoms with Gasteiger partial charge in [-0.05, 0) is 29.8 Å². The number of carbonyl (C=O) groups excluding carboxylic acids is 2. The molecule has 1 fully saturated rings. The Kier molecular flexibility index (Phi) is 7.30. The maximum Gasteiger partial charge on any atom is 0.278 e. The summed E-state index contributed by atoms with van der Waals surface area (Å²) in [7, 11) is 0. The Morgan fingerprint density at radius 1 is 1.21 bits per heavy atom. The summed E-state index contributed by atoms with van der Waals surface area (Å²) in [5.41, 5.74) is 3.04. The molecule has 3 rings (SSSR count). The quantitative estimate of drug-likeness (QED) is 0.401. The molecule has 1 aliphatic rings. The Morgan fingerprint density at radius 2 is 1.97 bits per heavy atom. The second kappa shape index (κ2) is 10.3. The normalized spacial score (nSPS) is 14.0. The Balaban J connectivity index is 1.43. The van der Waals surface area contributed by atoms with Crippen LogP contribution in [0.5, 0.6) is 11.6 Å². The number of benzene rings is 1. The van der Waals surface area contributed by atoms with E-state index in [1.54, 1.807) is 24.3 Å². The Labute approximate surface area is 170 Å². The van der Waals surface area contributed by atoms with Crippen LogP contribution in [0.1, 0.15) is 5.56 Å². The third-order valence-corrected chi connectivity index (χ3v) is 4.23.